The predicted octanol–water partition coefficient (Wildman–Crippen LogP) is 5.44. The van der Waals surface area contributed by atoms with Gasteiger partial charge in [0.15, 0.2) is 5.82 Å². The van der Waals surface area contributed by atoms with E-state index >= 15 is 0 Å². The Morgan fingerprint density at radius 2 is 1.95 bits per heavy atom. The molecule has 3 nitrogen and oxygen atoms in total. The molecule has 1 aliphatic carbocycles. The second kappa shape index (κ2) is 6.02. The first-order valence-electron chi connectivity index (χ1n) is 6.31. The Labute approximate surface area is 145 Å². The molecule has 0 unspecified atom stereocenters. The van der Waals surface area contributed by atoms with E-state index in [0.717, 1.165) is 31.7 Å². The quantitative estimate of drug-likeness (QED) is 0.619. The van der Waals surface area contributed by atoms with Crippen LogP contribution in [0.15, 0.2) is 23.6 Å². The molecule has 0 radical (unpaired) electrons. The van der Waals surface area contributed by atoms with Crippen LogP contribution >= 0.6 is 59.1 Å². The Kier molecular flexibility index (Phi) is 4.50. The Bertz CT molecular complexity index is 685. The van der Waals surface area contributed by atoms with Gasteiger partial charge in [-0.1, -0.05) is 12.8 Å². The first kappa shape index (κ1) is 14.9. The average molecular weight is 483 g/mol. The first-order chi connectivity index (χ1) is 9.56. The lowest BCUT2D eigenvalue weighted by atomic mass is 10.0. The van der Waals surface area contributed by atoms with Gasteiger partial charge >= 0.3 is 0 Å². The molecule has 1 saturated carbocycles. The van der Waals surface area contributed by atoms with Crippen molar-refractivity contribution in [2.75, 3.05) is 0 Å². The van der Waals surface area contributed by atoms with Crippen LogP contribution < -0.4 is 5.56 Å². The molecule has 1 aliphatic rings. The predicted molar refractivity (Wildman–Crippen MR) is 92.5 cm³/mol. The van der Waals surface area contributed by atoms with Gasteiger partial charge in [-0.15, -0.1) is 11.3 Å². The second-order valence-electron chi connectivity index (χ2n) is 4.83. The van der Waals surface area contributed by atoms with Crippen LogP contribution in [0.1, 0.15) is 37.3 Å². The Morgan fingerprint density at radius 3 is 2.55 bits per heavy atom. The van der Waals surface area contributed by atoms with Gasteiger partial charge in [-0.2, -0.15) is 0 Å². The summed E-state index contributed by atoms with van der Waals surface area (Å²) in [5.74, 6) is 1.05. The lowest BCUT2D eigenvalue weighted by Gasteiger charge is -2.11. The summed E-state index contributed by atoms with van der Waals surface area (Å²) < 4.78 is 2.56. The van der Waals surface area contributed by atoms with E-state index in [4.69, 9.17) is 4.98 Å². The minimum Gasteiger partial charge on any atom is -0.305 e. The Balaban J connectivity index is 2.10. The normalized spacial score (nSPS) is 15.9. The van der Waals surface area contributed by atoms with Gasteiger partial charge in [0.05, 0.1) is 14.4 Å². The third-order valence-corrected chi connectivity index (χ3v) is 7.54. The highest BCUT2D eigenvalue weighted by molar-refractivity contribution is 9.13. The minimum absolute atomic E-state index is 0.0995. The number of aromatic amines is 1. The summed E-state index contributed by atoms with van der Waals surface area (Å²) in [5.41, 5.74) is 0.805. The van der Waals surface area contributed by atoms with Gasteiger partial charge < -0.3 is 4.98 Å². The standard InChI is InChI=1S/C13H11Br3N2OS/c14-7-5-8(20-11(7)16)12-17-10(6-3-1-2-4-6)9(15)13(19)18-12/h5-6H,1-4H2,(H,17,18,19). The number of hydrogen-bond acceptors (Lipinski definition) is 3. The van der Waals surface area contributed by atoms with Crippen LogP contribution in [0.25, 0.3) is 10.7 Å². The van der Waals surface area contributed by atoms with Gasteiger partial charge in [0.1, 0.15) is 4.47 Å². The maximum absolute atomic E-state index is 12.1. The topological polar surface area (TPSA) is 45.8 Å². The number of halogens is 3. The maximum Gasteiger partial charge on any atom is 0.265 e. The zero-order valence-corrected chi connectivity index (χ0v) is 16.0. The van der Waals surface area contributed by atoms with Gasteiger partial charge in [-0.05, 0) is 66.7 Å². The van der Waals surface area contributed by atoms with E-state index in [9.17, 15) is 4.79 Å². The van der Waals surface area contributed by atoms with E-state index < -0.39 is 0 Å². The van der Waals surface area contributed by atoms with Crippen molar-refractivity contribution in [2.45, 2.75) is 31.6 Å². The van der Waals surface area contributed by atoms with E-state index in [1.165, 1.54) is 12.8 Å². The molecule has 106 valence electrons. The molecule has 0 atom stereocenters. The van der Waals surface area contributed by atoms with Crippen molar-refractivity contribution >= 4 is 59.1 Å². The van der Waals surface area contributed by atoms with E-state index in [-0.39, 0.29) is 5.56 Å². The SMILES string of the molecule is O=c1[nH]c(-c2cc(Br)c(Br)s2)nc(C2CCCC2)c1Br. The van der Waals surface area contributed by atoms with Crippen molar-refractivity contribution in [3.8, 4) is 10.7 Å². The van der Waals surface area contributed by atoms with Gasteiger partial charge in [-0.3, -0.25) is 4.79 Å². The van der Waals surface area contributed by atoms with Gasteiger partial charge in [0.25, 0.3) is 5.56 Å². The van der Waals surface area contributed by atoms with Crippen LogP contribution in [-0.2, 0) is 0 Å². The third-order valence-electron chi connectivity index (χ3n) is 3.51. The molecular weight excluding hydrogens is 472 g/mol. The number of aromatic nitrogens is 2. The maximum atomic E-state index is 12.1. The third kappa shape index (κ3) is 2.82. The fourth-order valence-electron chi connectivity index (χ4n) is 2.53. The first-order valence-corrected chi connectivity index (χ1v) is 9.50. The summed E-state index contributed by atoms with van der Waals surface area (Å²) >= 11 is 11.9. The molecule has 0 aliphatic heterocycles. The smallest absolute Gasteiger partial charge is 0.265 e. The van der Waals surface area contributed by atoms with Crippen molar-refractivity contribution in [3.63, 3.8) is 0 Å². The Hall–Kier alpha value is 0.0200. The summed E-state index contributed by atoms with van der Waals surface area (Å²) in [7, 11) is 0. The van der Waals surface area contributed by atoms with Crippen molar-refractivity contribution in [1.29, 1.82) is 0 Å². The number of H-pyrrole nitrogens is 1. The lowest BCUT2D eigenvalue weighted by molar-refractivity contribution is 0.688. The molecule has 3 rings (SSSR count). The molecule has 0 saturated heterocycles. The number of nitrogens with one attached hydrogen (secondary N) is 1. The molecule has 2 aromatic rings. The molecular formula is C13H11Br3N2OS. The highest BCUT2D eigenvalue weighted by atomic mass is 79.9. The summed E-state index contributed by atoms with van der Waals surface area (Å²) in [4.78, 5) is 20.6. The molecule has 7 heteroatoms. The lowest BCUT2D eigenvalue weighted by Crippen LogP contribution is -2.15. The number of thiophene rings is 1. The molecule has 20 heavy (non-hydrogen) atoms. The monoisotopic (exact) mass is 480 g/mol. The number of nitrogens with zero attached hydrogens (tertiary/aromatic N) is 1. The van der Waals surface area contributed by atoms with E-state index in [2.05, 4.69) is 52.8 Å². The minimum atomic E-state index is -0.0995. The Morgan fingerprint density at radius 1 is 1.25 bits per heavy atom. The van der Waals surface area contributed by atoms with Crippen LogP contribution in [0.3, 0.4) is 0 Å². The summed E-state index contributed by atoms with van der Waals surface area (Å²) in [5, 5.41) is 0. The summed E-state index contributed by atoms with van der Waals surface area (Å²) in [6.07, 6.45) is 4.67. The zero-order chi connectivity index (χ0) is 14.3. The van der Waals surface area contributed by atoms with Crippen LogP contribution in [-0.4, -0.2) is 9.97 Å². The summed E-state index contributed by atoms with van der Waals surface area (Å²) in [6, 6.07) is 1.97. The fraction of sp³-hybridized carbons (Fsp3) is 0.385. The van der Waals surface area contributed by atoms with Gasteiger partial charge in [0.2, 0.25) is 0 Å². The summed E-state index contributed by atoms with van der Waals surface area (Å²) in [6.45, 7) is 0. The molecule has 2 heterocycles. The van der Waals surface area contributed by atoms with Gasteiger partial charge in [-0.25, -0.2) is 4.98 Å². The van der Waals surface area contributed by atoms with Crippen LogP contribution in [0.2, 0.25) is 0 Å². The number of hydrogen-bond donors (Lipinski definition) is 1. The molecule has 0 spiro atoms. The molecule has 0 amide bonds. The van der Waals surface area contributed by atoms with E-state index in [1.807, 2.05) is 6.07 Å². The number of rotatable bonds is 2. The zero-order valence-electron chi connectivity index (χ0n) is 10.4. The van der Waals surface area contributed by atoms with Crippen molar-refractivity contribution in [3.05, 3.63) is 34.8 Å². The van der Waals surface area contributed by atoms with E-state index in [0.29, 0.717) is 16.2 Å². The van der Waals surface area contributed by atoms with Crippen LogP contribution in [0, 0.1) is 0 Å². The van der Waals surface area contributed by atoms with Gasteiger partial charge in [0, 0.05) is 10.4 Å². The van der Waals surface area contributed by atoms with Crippen molar-refractivity contribution in [2.24, 2.45) is 0 Å². The molecule has 2 aromatic heterocycles. The van der Waals surface area contributed by atoms with Crippen molar-refractivity contribution < 1.29 is 0 Å². The van der Waals surface area contributed by atoms with Crippen LogP contribution in [0.4, 0.5) is 0 Å². The average Bonchev–Trinajstić information content (AvgIpc) is 3.04. The second-order valence-corrected chi connectivity index (χ2v) is 8.84. The largest absolute Gasteiger partial charge is 0.305 e. The highest BCUT2D eigenvalue weighted by Gasteiger charge is 2.23. The molecule has 1 N–H and O–H groups in total. The molecule has 0 bridgehead atoms. The highest BCUT2D eigenvalue weighted by Crippen LogP contribution is 2.39. The van der Waals surface area contributed by atoms with Crippen molar-refractivity contribution in [1.82, 2.24) is 9.97 Å². The molecule has 0 aromatic carbocycles. The van der Waals surface area contributed by atoms with Crippen LogP contribution in [0.5, 0.6) is 0 Å². The molecule has 1 fully saturated rings. The fourth-order valence-corrected chi connectivity index (χ4v) is 5.02. The van der Waals surface area contributed by atoms with E-state index in [1.54, 1.807) is 11.3 Å².